The zero-order valence-corrected chi connectivity index (χ0v) is 7.18. The molecule has 2 nitrogen and oxygen atoms in total. The number of nitrogens with one attached hydrogen (secondary N) is 1. The van der Waals surface area contributed by atoms with Crippen LogP contribution < -0.4 is 5.32 Å². The molecule has 1 aliphatic carbocycles. The van der Waals surface area contributed by atoms with E-state index < -0.39 is 0 Å². The molecule has 0 aromatic heterocycles. The molecule has 1 N–H and O–H groups in total. The van der Waals surface area contributed by atoms with Crippen molar-refractivity contribution in [2.24, 2.45) is 5.92 Å². The van der Waals surface area contributed by atoms with E-state index in [4.69, 9.17) is 4.74 Å². The van der Waals surface area contributed by atoms with Gasteiger partial charge in [0, 0.05) is 13.2 Å². The molecule has 3 atom stereocenters. The second-order valence-corrected chi connectivity index (χ2v) is 3.78. The summed E-state index contributed by atoms with van der Waals surface area (Å²) in [7, 11) is 1.84. The fourth-order valence-corrected chi connectivity index (χ4v) is 2.48. The standard InChI is InChI=1S/C9H17NO/c1-11-8-2-3-9-7(6-8)4-5-10-9/h7-10H,2-6H2,1H3/t7-,8+,9+/m1/s1. The van der Waals surface area contributed by atoms with E-state index in [0.29, 0.717) is 6.10 Å². The third-order valence-electron chi connectivity index (χ3n) is 3.19. The molecule has 0 unspecified atom stereocenters. The topological polar surface area (TPSA) is 21.3 Å². The van der Waals surface area contributed by atoms with Crippen LogP contribution in [0, 0.1) is 5.92 Å². The lowest BCUT2D eigenvalue weighted by molar-refractivity contribution is 0.0469. The van der Waals surface area contributed by atoms with Gasteiger partial charge in [-0.15, -0.1) is 0 Å². The second kappa shape index (κ2) is 3.11. The highest BCUT2D eigenvalue weighted by molar-refractivity contribution is 4.89. The number of fused-ring (bicyclic) bond motifs is 1. The van der Waals surface area contributed by atoms with E-state index in [1.807, 2.05) is 7.11 Å². The third kappa shape index (κ3) is 1.42. The molecule has 0 radical (unpaired) electrons. The summed E-state index contributed by atoms with van der Waals surface area (Å²) in [5.74, 6) is 0.911. The Morgan fingerprint density at radius 2 is 2.18 bits per heavy atom. The predicted molar refractivity (Wildman–Crippen MR) is 44.5 cm³/mol. The number of hydrogen-bond donors (Lipinski definition) is 1. The maximum Gasteiger partial charge on any atom is 0.0575 e. The molecule has 1 heterocycles. The molecular weight excluding hydrogens is 138 g/mol. The first-order valence-corrected chi connectivity index (χ1v) is 4.66. The lowest BCUT2D eigenvalue weighted by Gasteiger charge is -2.30. The van der Waals surface area contributed by atoms with Crippen molar-refractivity contribution < 1.29 is 4.74 Å². The maximum atomic E-state index is 5.37. The zero-order valence-electron chi connectivity index (χ0n) is 7.18. The molecule has 0 aromatic rings. The van der Waals surface area contributed by atoms with Gasteiger partial charge in [0.2, 0.25) is 0 Å². The minimum Gasteiger partial charge on any atom is -0.381 e. The van der Waals surface area contributed by atoms with E-state index >= 15 is 0 Å². The van der Waals surface area contributed by atoms with Crippen LogP contribution in [0.5, 0.6) is 0 Å². The lowest BCUT2D eigenvalue weighted by atomic mass is 9.84. The van der Waals surface area contributed by atoms with Gasteiger partial charge in [0.05, 0.1) is 6.10 Å². The molecule has 0 aromatic carbocycles. The van der Waals surface area contributed by atoms with Crippen LogP contribution >= 0.6 is 0 Å². The first kappa shape index (κ1) is 7.56. The molecule has 1 saturated carbocycles. The van der Waals surface area contributed by atoms with Crippen LogP contribution in [0.2, 0.25) is 0 Å². The van der Waals surface area contributed by atoms with Crippen LogP contribution in [0.1, 0.15) is 25.7 Å². The van der Waals surface area contributed by atoms with Crippen LogP contribution in [0.15, 0.2) is 0 Å². The average molecular weight is 155 g/mol. The van der Waals surface area contributed by atoms with Crippen molar-refractivity contribution in [3.05, 3.63) is 0 Å². The molecule has 11 heavy (non-hydrogen) atoms. The summed E-state index contributed by atoms with van der Waals surface area (Å²) >= 11 is 0. The van der Waals surface area contributed by atoms with Gasteiger partial charge in [-0.3, -0.25) is 0 Å². The first-order valence-electron chi connectivity index (χ1n) is 4.66. The third-order valence-corrected chi connectivity index (χ3v) is 3.19. The summed E-state index contributed by atoms with van der Waals surface area (Å²) in [4.78, 5) is 0. The minimum absolute atomic E-state index is 0.552. The first-order chi connectivity index (χ1) is 5.40. The molecule has 2 aliphatic rings. The minimum atomic E-state index is 0.552. The number of ether oxygens (including phenoxy) is 1. The van der Waals surface area contributed by atoms with Gasteiger partial charge in [-0.05, 0) is 38.1 Å². The zero-order chi connectivity index (χ0) is 7.68. The Morgan fingerprint density at radius 1 is 1.27 bits per heavy atom. The summed E-state index contributed by atoms with van der Waals surface area (Å²) < 4.78 is 5.37. The van der Waals surface area contributed by atoms with E-state index in [2.05, 4.69) is 5.32 Å². The fourth-order valence-electron chi connectivity index (χ4n) is 2.48. The van der Waals surface area contributed by atoms with Crippen molar-refractivity contribution in [3.63, 3.8) is 0 Å². The Kier molecular flexibility index (Phi) is 2.14. The van der Waals surface area contributed by atoms with Gasteiger partial charge in [0.1, 0.15) is 0 Å². The summed E-state index contributed by atoms with van der Waals surface area (Å²) in [6.45, 7) is 1.23. The fraction of sp³-hybridized carbons (Fsp3) is 1.00. The highest BCUT2D eigenvalue weighted by Crippen LogP contribution is 2.31. The highest BCUT2D eigenvalue weighted by atomic mass is 16.5. The van der Waals surface area contributed by atoms with Crippen LogP contribution in [-0.2, 0) is 4.74 Å². The maximum absolute atomic E-state index is 5.37. The van der Waals surface area contributed by atoms with Gasteiger partial charge >= 0.3 is 0 Å². The largest absolute Gasteiger partial charge is 0.381 e. The van der Waals surface area contributed by atoms with Crippen molar-refractivity contribution in [2.75, 3.05) is 13.7 Å². The SMILES string of the molecule is CO[C@H]1CC[C@@H]2NCC[C@@H]2C1. The Bertz CT molecular complexity index is 138. The van der Waals surface area contributed by atoms with E-state index in [0.717, 1.165) is 12.0 Å². The Morgan fingerprint density at radius 3 is 3.00 bits per heavy atom. The van der Waals surface area contributed by atoms with Gasteiger partial charge in [-0.2, -0.15) is 0 Å². The Labute approximate surface area is 68.3 Å². The van der Waals surface area contributed by atoms with Gasteiger partial charge < -0.3 is 10.1 Å². The molecule has 1 saturated heterocycles. The van der Waals surface area contributed by atoms with E-state index in [9.17, 15) is 0 Å². The van der Waals surface area contributed by atoms with Crippen LogP contribution in [0.3, 0.4) is 0 Å². The predicted octanol–water partition coefficient (Wildman–Crippen LogP) is 1.16. The monoisotopic (exact) mass is 155 g/mol. The molecule has 1 aliphatic heterocycles. The number of rotatable bonds is 1. The number of methoxy groups -OCH3 is 1. The summed E-state index contributed by atoms with van der Waals surface area (Å²) in [5, 5.41) is 3.55. The normalized spacial score (nSPS) is 43.9. The molecule has 0 bridgehead atoms. The molecule has 2 rings (SSSR count). The molecular formula is C9H17NO. The van der Waals surface area contributed by atoms with Crippen LogP contribution in [-0.4, -0.2) is 25.8 Å². The van der Waals surface area contributed by atoms with Crippen molar-refractivity contribution in [3.8, 4) is 0 Å². The van der Waals surface area contributed by atoms with Crippen molar-refractivity contribution in [1.82, 2.24) is 5.32 Å². The molecule has 2 fully saturated rings. The Balaban J connectivity index is 1.91. The van der Waals surface area contributed by atoms with Crippen LogP contribution in [0.25, 0.3) is 0 Å². The molecule has 2 heteroatoms. The van der Waals surface area contributed by atoms with Gasteiger partial charge in [0.15, 0.2) is 0 Å². The van der Waals surface area contributed by atoms with Gasteiger partial charge in [-0.1, -0.05) is 0 Å². The summed E-state index contributed by atoms with van der Waals surface area (Å²) in [6, 6.07) is 0.821. The molecule has 0 amide bonds. The van der Waals surface area contributed by atoms with E-state index in [-0.39, 0.29) is 0 Å². The van der Waals surface area contributed by atoms with Crippen LogP contribution in [0.4, 0.5) is 0 Å². The quantitative estimate of drug-likeness (QED) is 0.613. The molecule has 64 valence electrons. The summed E-state index contributed by atoms with van der Waals surface area (Å²) in [5.41, 5.74) is 0. The summed E-state index contributed by atoms with van der Waals surface area (Å²) in [6.07, 6.45) is 5.78. The van der Waals surface area contributed by atoms with Crippen molar-refractivity contribution in [1.29, 1.82) is 0 Å². The Hall–Kier alpha value is -0.0800. The van der Waals surface area contributed by atoms with E-state index in [1.54, 1.807) is 0 Å². The van der Waals surface area contributed by atoms with Crippen molar-refractivity contribution in [2.45, 2.75) is 37.8 Å². The second-order valence-electron chi connectivity index (χ2n) is 3.78. The highest BCUT2D eigenvalue weighted by Gasteiger charge is 2.33. The average Bonchev–Trinajstić information content (AvgIpc) is 2.50. The van der Waals surface area contributed by atoms with E-state index in [1.165, 1.54) is 32.2 Å². The molecule has 0 spiro atoms. The van der Waals surface area contributed by atoms with Gasteiger partial charge in [-0.25, -0.2) is 0 Å². The van der Waals surface area contributed by atoms with Crippen molar-refractivity contribution >= 4 is 0 Å². The van der Waals surface area contributed by atoms with Gasteiger partial charge in [0.25, 0.3) is 0 Å². The lowest BCUT2D eigenvalue weighted by Crippen LogP contribution is -2.35. The number of hydrogen-bond acceptors (Lipinski definition) is 2. The smallest absolute Gasteiger partial charge is 0.0575 e.